The Morgan fingerprint density at radius 2 is 1.27 bits per heavy atom. The van der Waals surface area contributed by atoms with Crippen LogP contribution in [0.1, 0.15) is 67.3 Å². The standard InChI is InChI=1S/C62H79N9O18/c1-3-20-69(21-16-43-44-12-8-9-13-48(44)68-58-45(43)40-71-50(58)36-47-46(60(71)80)41-89-61(81)62(47,82)4-2)57(78)39-66-59(79)49(35-42-10-6-5-7-11-42)67-54(75)38-65-53(74)37-64-52(73)18-23-83-25-27-85-29-31-87-33-34-88-32-30-86-28-26-84-24-19-63-51(72)17-22-70-55(76)14-15-56(70)77/h5-15,36,49,82H,3-4,16-35,37-41H2,1-2H3,(H,63,72)(H,64,73)(H,65,74)(H,66,79)(H,67,75)/t49-,62-/m0/s1. The average molecular weight is 1240 g/mol. The third-order valence-electron chi connectivity index (χ3n) is 14.8. The molecule has 2 atom stereocenters. The summed E-state index contributed by atoms with van der Waals surface area (Å²) >= 11 is 0. The Kier molecular flexibility index (Phi) is 26.8. The molecule has 89 heavy (non-hydrogen) atoms. The molecular formula is C62H79N9O18. The fourth-order valence-electron chi connectivity index (χ4n) is 10.1. The summed E-state index contributed by atoms with van der Waals surface area (Å²) in [5.41, 5.74) is 2.11. The summed E-state index contributed by atoms with van der Waals surface area (Å²) in [7, 11) is 0. The average Bonchev–Trinajstić information content (AvgIpc) is 1.64. The Morgan fingerprint density at radius 3 is 1.92 bits per heavy atom. The number of carbonyl (C=O) groups is 9. The lowest BCUT2D eigenvalue weighted by atomic mass is 9.86. The van der Waals surface area contributed by atoms with E-state index in [1.807, 2.05) is 37.3 Å². The second-order valence-electron chi connectivity index (χ2n) is 20.9. The fourth-order valence-corrected chi connectivity index (χ4v) is 10.1. The molecule has 0 unspecified atom stereocenters. The summed E-state index contributed by atoms with van der Waals surface area (Å²) in [4.78, 5) is 135. The molecule has 8 amide bonds. The van der Waals surface area contributed by atoms with Gasteiger partial charge in [0, 0.05) is 74.1 Å². The molecule has 0 spiro atoms. The van der Waals surface area contributed by atoms with Gasteiger partial charge in [-0.1, -0.05) is 62.4 Å². The van der Waals surface area contributed by atoms with Crippen molar-refractivity contribution in [2.45, 2.75) is 77.2 Å². The third-order valence-corrected chi connectivity index (χ3v) is 14.8. The first kappa shape index (κ1) is 68.2. The quantitative estimate of drug-likeness (QED) is 0.0169. The molecule has 0 fully saturated rings. The molecule has 0 bridgehead atoms. The van der Waals surface area contributed by atoms with Gasteiger partial charge in [0.15, 0.2) is 5.60 Å². The van der Waals surface area contributed by atoms with Crippen LogP contribution in [0.3, 0.4) is 0 Å². The Balaban J connectivity index is 0.734. The molecule has 0 aliphatic carbocycles. The first-order valence-corrected chi connectivity index (χ1v) is 29.9. The summed E-state index contributed by atoms with van der Waals surface area (Å²) in [5.74, 6) is -4.70. The van der Waals surface area contributed by atoms with Crippen molar-refractivity contribution in [1.29, 1.82) is 0 Å². The van der Waals surface area contributed by atoms with E-state index in [2.05, 4.69) is 26.6 Å². The molecular weight excluding hydrogens is 1160 g/mol. The van der Waals surface area contributed by atoms with Crippen molar-refractivity contribution in [2.24, 2.45) is 0 Å². The molecule has 0 saturated carbocycles. The van der Waals surface area contributed by atoms with E-state index in [9.17, 15) is 53.1 Å². The van der Waals surface area contributed by atoms with E-state index in [1.54, 1.807) is 46.7 Å². The highest BCUT2D eigenvalue weighted by atomic mass is 16.6. The molecule has 2 aromatic carbocycles. The minimum absolute atomic E-state index is 0.00661. The monoisotopic (exact) mass is 1240 g/mol. The van der Waals surface area contributed by atoms with Gasteiger partial charge in [-0.2, -0.15) is 0 Å². The van der Waals surface area contributed by atoms with Crippen LogP contribution in [0, 0.1) is 0 Å². The largest absolute Gasteiger partial charge is 0.458 e. The van der Waals surface area contributed by atoms with Crippen LogP contribution in [0.25, 0.3) is 22.3 Å². The van der Waals surface area contributed by atoms with Gasteiger partial charge in [-0.3, -0.25) is 48.1 Å². The maximum atomic E-state index is 14.0. The van der Waals surface area contributed by atoms with E-state index in [0.29, 0.717) is 89.1 Å². The maximum absolute atomic E-state index is 14.0. The lowest BCUT2D eigenvalue weighted by molar-refractivity contribution is -0.172. The first-order chi connectivity index (χ1) is 43.1. The number of ether oxygens (including phenoxy) is 7. The van der Waals surface area contributed by atoms with Crippen LogP contribution in [-0.2, 0) is 108 Å². The van der Waals surface area contributed by atoms with Crippen LogP contribution in [0.15, 0.2) is 77.6 Å². The molecule has 27 nitrogen and oxygen atoms in total. The predicted octanol–water partition coefficient (Wildman–Crippen LogP) is -0.142. The fraction of sp³-hybridized carbons (Fsp3) is 0.500. The van der Waals surface area contributed by atoms with Crippen LogP contribution in [-0.4, -0.2) is 209 Å². The zero-order valence-electron chi connectivity index (χ0n) is 50.3. The molecule has 0 radical (unpaired) electrons. The second-order valence-corrected chi connectivity index (χ2v) is 20.9. The maximum Gasteiger partial charge on any atom is 0.343 e. The van der Waals surface area contributed by atoms with E-state index in [0.717, 1.165) is 27.0 Å². The Labute approximate surface area is 514 Å². The van der Waals surface area contributed by atoms with Crippen molar-refractivity contribution in [1.82, 2.24) is 45.9 Å². The van der Waals surface area contributed by atoms with Gasteiger partial charge in [-0.15, -0.1) is 0 Å². The summed E-state index contributed by atoms with van der Waals surface area (Å²) in [5, 5.41) is 25.2. The third kappa shape index (κ3) is 19.8. The number of aliphatic hydroxyl groups is 1. The van der Waals surface area contributed by atoms with Crippen molar-refractivity contribution in [3.8, 4) is 11.4 Å². The molecule has 5 heterocycles. The number of esters is 1. The summed E-state index contributed by atoms with van der Waals surface area (Å²) in [6, 6.07) is 17.0. The highest BCUT2D eigenvalue weighted by Gasteiger charge is 2.45. The van der Waals surface area contributed by atoms with Gasteiger partial charge in [0.25, 0.3) is 17.4 Å². The molecule has 7 rings (SSSR count). The van der Waals surface area contributed by atoms with Gasteiger partial charge < -0.3 is 74.3 Å². The van der Waals surface area contributed by atoms with Gasteiger partial charge in [0.2, 0.25) is 35.4 Å². The highest BCUT2D eigenvalue weighted by Crippen LogP contribution is 2.40. The van der Waals surface area contributed by atoms with Crippen molar-refractivity contribution in [3.63, 3.8) is 0 Å². The molecule has 480 valence electrons. The number of nitrogens with one attached hydrogen (secondary N) is 5. The summed E-state index contributed by atoms with van der Waals surface area (Å²) < 4.78 is 39.6. The molecule has 0 saturated heterocycles. The number of carbonyl (C=O) groups excluding carboxylic acids is 9. The number of hydrogen-bond acceptors (Lipinski definition) is 19. The topological polar surface area (TPSA) is 340 Å². The number of aromatic nitrogens is 2. The van der Waals surface area contributed by atoms with Crippen molar-refractivity contribution < 1.29 is 81.4 Å². The number of pyridine rings is 2. The van der Waals surface area contributed by atoms with Gasteiger partial charge in [-0.05, 0) is 42.5 Å². The Bertz CT molecular complexity index is 3210. The zero-order chi connectivity index (χ0) is 63.5. The normalized spacial score (nSPS) is 15.0. The minimum Gasteiger partial charge on any atom is -0.458 e. The van der Waals surface area contributed by atoms with Crippen molar-refractivity contribution in [2.75, 3.05) is 125 Å². The smallest absolute Gasteiger partial charge is 0.343 e. The number of fused-ring (bicyclic) bond motifs is 5. The van der Waals surface area contributed by atoms with Gasteiger partial charge in [0.05, 0.1) is 128 Å². The number of cyclic esters (lactones) is 1. The van der Waals surface area contributed by atoms with Crippen molar-refractivity contribution >= 4 is 64.1 Å². The molecule has 6 N–H and O–H groups in total. The molecule has 3 aliphatic rings. The molecule has 3 aliphatic heterocycles. The lowest BCUT2D eigenvalue weighted by Crippen LogP contribution is -2.52. The second kappa shape index (κ2) is 35.0. The molecule has 2 aromatic heterocycles. The Hall–Kier alpha value is -8.31. The van der Waals surface area contributed by atoms with E-state index in [-0.39, 0.29) is 120 Å². The number of hydrogen-bond donors (Lipinski definition) is 6. The number of para-hydroxylation sites is 1. The number of rotatable bonds is 40. The van der Waals surface area contributed by atoms with E-state index < -0.39 is 66.1 Å². The summed E-state index contributed by atoms with van der Waals surface area (Å²) in [6.07, 6.45) is 3.40. The number of benzene rings is 2. The first-order valence-electron chi connectivity index (χ1n) is 29.9. The van der Waals surface area contributed by atoms with Gasteiger partial charge in [0.1, 0.15) is 12.6 Å². The summed E-state index contributed by atoms with van der Waals surface area (Å²) in [6.45, 7) is 6.80. The van der Waals surface area contributed by atoms with E-state index in [4.69, 9.17) is 38.1 Å². The van der Waals surface area contributed by atoms with Crippen LogP contribution in [0.5, 0.6) is 0 Å². The number of imide groups is 1. The highest BCUT2D eigenvalue weighted by molar-refractivity contribution is 6.13. The van der Waals surface area contributed by atoms with Crippen LogP contribution < -0.4 is 32.1 Å². The number of nitrogens with zero attached hydrogens (tertiary/aromatic N) is 4. The van der Waals surface area contributed by atoms with Gasteiger partial charge in [-0.25, -0.2) is 9.78 Å². The van der Waals surface area contributed by atoms with Crippen LogP contribution >= 0.6 is 0 Å². The zero-order valence-corrected chi connectivity index (χ0v) is 50.3. The predicted molar refractivity (Wildman–Crippen MR) is 319 cm³/mol. The SMILES string of the molecule is CCCN(CCc1c2c(nc3ccccc13)-c1cc3c(c(=O)n1C2)COC(=O)[C@]3(O)CC)C(=O)CNC(=O)[C@H](Cc1ccccc1)NC(=O)CNC(=O)CNC(=O)CCOCCOCCOCCOCCOCCOCCNC(=O)CCN1C(=O)C=CC1=O. The van der Waals surface area contributed by atoms with E-state index in [1.165, 1.54) is 12.2 Å². The van der Waals surface area contributed by atoms with Crippen LogP contribution in [0.2, 0.25) is 0 Å². The van der Waals surface area contributed by atoms with Gasteiger partial charge >= 0.3 is 5.97 Å². The van der Waals surface area contributed by atoms with E-state index >= 15 is 0 Å². The Morgan fingerprint density at radius 1 is 0.674 bits per heavy atom. The van der Waals surface area contributed by atoms with Crippen LogP contribution in [0.4, 0.5) is 0 Å². The number of amides is 8. The minimum atomic E-state index is -1.98. The van der Waals surface area contributed by atoms with Crippen molar-refractivity contribution in [3.05, 3.63) is 111 Å². The molecule has 4 aromatic rings. The molecule has 27 heteroatoms. The lowest BCUT2D eigenvalue weighted by Gasteiger charge is -2.31.